The lowest BCUT2D eigenvalue weighted by atomic mass is 9.85. The highest BCUT2D eigenvalue weighted by Gasteiger charge is 2.59. The zero-order chi connectivity index (χ0) is 19.6. The molecule has 5 rings (SSSR count). The number of amides is 2. The minimum Gasteiger partial charge on any atom is -0.318 e. The number of para-hydroxylation sites is 1. The summed E-state index contributed by atoms with van der Waals surface area (Å²) in [6.45, 7) is 6.18. The van der Waals surface area contributed by atoms with E-state index in [9.17, 15) is 9.59 Å². The Morgan fingerprint density at radius 1 is 1.00 bits per heavy atom. The van der Waals surface area contributed by atoms with Crippen molar-refractivity contribution in [3.05, 3.63) is 65.0 Å². The van der Waals surface area contributed by atoms with E-state index in [1.54, 1.807) is 6.21 Å². The van der Waals surface area contributed by atoms with Crippen molar-refractivity contribution < 1.29 is 9.59 Å². The van der Waals surface area contributed by atoms with Gasteiger partial charge < -0.3 is 4.57 Å². The molecular weight excluding hydrogens is 350 g/mol. The van der Waals surface area contributed by atoms with Crippen LogP contribution in [0, 0.1) is 44.4 Å². The van der Waals surface area contributed by atoms with Gasteiger partial charge in [0.05, 0.1) is 18.1 Å². The minimum absolute atomic E-state index is 0.143. The first kappa shape index (κ1) is 17.2. The van der Waals surface area contributed by atoms with Gasteiger partial charge in [0.25, 0.3) is 11.8 Å². The molecule has 2 heterocycles. The Balaban J connectivity index is 1.46. The van der Waals surface area contributed by atoms with Crippen LogP contribution in [0.3, 0.4) is 0 Å². The first-order chi connectivity index (χ1) is 13.5. The van der Waals surface area contributed by atoms with Gasteiger partial charge in [-0.15, -0.1) is 0 Å². The molecule has 5 nitrogen and oxygen atoms in total. The summed E-state index contributed by atoms with van der Waals surface area (Å²) in [7, 11) is 0. The molecule has 1 saturated heterocycles. The molecule has 5 heteroatoms. The van der Waals surface area contributed by atoms with Crippen LogP contribution in [0.15, 0.2) is 47.6 Å². The van der Waals surface area contributed by atoms with Gasteiger partial charge in [0, 0.05) is 22.6 Å². The van der Waals surface area contributed by atoms with Crippen molar-refractivity contribution >= 4 is 18.0 Å². The number of fused-ring (bicyclic) bond motifs is 5. The molecular formula is C23H23N3O2. The smallest absolute Gasteiger partial charge is 0.254 e. The molecule has 0 N–H and O–H groups in total. The predicted octanol–water partition coefficient (Wildman–Crippen LogP) is 3.54. The third kappa shape index (κ3) is 2.28. The van der Waals surface area contributed by atoms with E-state index in [2.05, 4.69) is 47.8 Å². The van der Waals surface area contributed by atoms with E-state index in [-0.39, 0.29) is 35.5 Å². The summed E-state index contributed by atoms with van der Waals surface area (Å²) in [5.74, 6) is -0.291. The first-order valence-corrected chi connectivity index (χ1v) is 9.82. The van der Waals surface area contributed by atoms with Gasteiger partial charge in [-0.1, -0.05) is 30.4 Å². The van der Waals surface area contributed by atoms with Crippen molar-refractivity contribution in [2.45, 2.75) is 27.2 Å². The monoisotopic (exact) mass is 373 g/mol. The largest absolute Gasteiger partial charge is 0.318 e. The second-order valence-electron chi connectivity index (χ2n) is 8.18. The predicted molar refractivity (Wildman–Crippen MR) is 107 cm³/mol. The van der Waals surface area contributed by atoms with E-state index in [1.165, 1.54) is 5.56 Å². The number of hydrogen-bond acceptors (Lipinski definition) is 3. The van der Waals surface area contributed by atoms with Crippen LogP contribution in [-0.4, -0.2) is 27.6 Å². The van der Waals surface area contributed by atoms with Gasteiger partial charge in [0.15, 0.2) is 0 Å². The van der Waals surface area contributed by atoms with Crippen LogP contribution >= 0.6 is 0 Å². The number of nitrogens with zero attached hydrogens (tertiary/aromatic N) is 3. The number of hydrazone groups is 1. The van der Waals surface area contributed by atoms with Gasteiger partial charge in [-0.25, -0.2) is 0 Å². The molecule has 2 fully saturated rings. The molecule has 2 amide bonds. The Morgan fingerprint density at radius 3 is 2.29 bits per heavy atom. The Morgan fingerprint density at radius 2 is 1.64 bits per heavy atom. The van der Waals surface area contributed by atoms with Crippen molar-refractivity contribution in [3.8, 4) is 5.69 Å². The zero-order valence-corrected chi connectivity index (χ0v) is 16.3. The summed E-state index contributed by atoms with van der Waals surface area (Å²) < 4.78 is 2.18. The molecule has 3 aliphatic rings. The van der Waals surface area contributed by atoms with E-state index in [4.69, 9.17) is 0 Å². The lowest BCUT2D eigenvalue weighted by Crippen LogP contribution is -2.28. The quantitative estimate of drug-likeness (QED) is 0.469. The molecule has 1 saturated carbocycles. The Kier molecular flexibility index (Phi) is 3.69. The molecule has 0 spiro atoms. The molecule has 2 aromatic rings. The van der Waals surface area contributed by atoms with Crippen LogP contribution in [0.5, 0.6) is 0 Å². The van der Waals surface area contributed by atoms with Gasteiger partial charge in [0.1, 0.15) is 0 Å². The van der Waals surface area contributed by atoms with E-state index in [0.717, 1.165) is 34.1 Å². The summed E-state index contributed by atoms with van der Waals surface area (Å²) in [5, 5.41) is 5.45. The molecule has 0 unspecified atom stereocenters. The SMILES string of the molecule is Cc1ccccc1-n1c(C)cc(C=NN2C(=O)[C@@H]3[C@H](C2=O)[C@H]2C=C[C@H]3C2)c1C. The van der Waals surface area contributed by atoms with Crippen molar-refractivity contribution in [2.75, 3.05) is 0 Å². The van der Waals surface area contributed by atoms with Crippen molar-refractivity contribution in [1.29, 1.82) is 0 Å². The van der Waals surface area contributed by atoms with Crippen LogP contribution in [0.4, 0.5) is 0 Å². The second kappa shape index (κ2) is 6.03. The average Bonchev–Trinajstić information content (AvgIpc) is 3.40. The normalized spacial score (nSPS) is 28.2. The Bertz CT molecular complexity index is 1030. The molecule has 0 radical (unpaired) electrons. The zero-order valence-electron chi connectivity index (χ0n) is 16.3. The number of benzene rings is 1. The maximum atomic E-state index is 12.8. The van der Waals surface area contributed by atoms with Crippen molar-refractivity contribution in [1.82, 2.24) is 9.58 Å². The molecule has 1 aromatic heterocycles. The Labute approximate surface area is 164 Å². The number of carbonyl (C=O) groups is 2. The van der Waals surface area contributed by atoms with Gasteiger partial charge in [-0.05, 0) is 56.7 Å². The number of rotatable bonds is 3. The first-order valence-electron chi connectivity index (χ1n) is 9.82. The number of aromatic nitrogens is 1. The summed E-state index contributed by atoms with van der Waals surface area (Å²) in [5.41, 5.74) is 5.36. The maximum absolute atomic E-state index is 12.8. The van der Waals surface area contributed by atoms with Gasteiger partial charge in [-0.3, -0.25) is 9.59 Å². The molecule has 1 aliphatic heterocycles. The minimum atomic E-state index is -0.209. The van der Waals surface area contributed by atoms with Crippen molar-refractivity contribution in [2.24, 2.45) is 28.8 Å². The maximum Gasteiger partial charge on any atom is 0.254 e. The Hall–Kier alpha value is -2.95. The highest BCUT2D eigenvalue weighted by Crippen LogP contribution is 2.52. The second-order valence-corrected chi connectivity index (χ2v) is 8.18. The molecule has 1 aromatic carbocycles. The number of carbonyl (C=O) groups excluding carboxylic acids is 2. The van der Waals surface area contributed by atoms with E-state index in [0.29, 0.717) is 0 Å². The van der Waals surface area contributed by atoms with Crippen LogP contribution in [0.1, 0.15) is 28.9 Å². The fraction of sp³-hybridized carbons (Fsp3) is 0.348. The third-order valence-electron chi connectivity index (χ3n) is 6.59. The molecule has 28 heavy (non-hydrogen) atoms. The number of allylic oxidation sites excluding steroid dienone is 2. The summed E-state index contributed by atoms with van der Waals surface area (Å²) in [6, 6.07) is 10.3. The highest BCUT2D eigenvalue weighted by atomic mass is 16.2. The van der Waals surface area contributed by atoms with Crippen LogP contribution < -0.4 is 0 Å². The molecule has 2 aliphatic carbocycles. The van der Waals surface area contributed by atoms with Crippen molar-refractivity contribution in [3.63, 3.8) is 0 Å². The van der Waals surface area contributed by atoms with E-state index < -0.39 is 0 Å². The lowest BCUT2D eigenvalue weighted by Gasteiger charge is -2.13. The van der Waals surface area contributed by atoms with Gasteiger partial charge in [0.2, 0.25) is 0 Å². The molecule has 142 valence electrons. The molecule has 2 bridgehead atoms. The summed E-state index contributed by atoms with van der Waals surface area (Å²) >= 11 is 0. The number of imide groups is 1. The van der Waals surface area contributed by atoms with Crippen LogP contribution in [-0.2, 0) is 9.59 Å². The summed E-state index contributed by atoms with van der Waals surface area (Å²) in [6.07, 6.45) is 6.78. The van der Waals surface area contributed by atoms with Crippen LogP contribution in [0.2, 0.25) is 0 Å². The highest BCUT2D eigenvalue weighted by molar-refractivity contribution is 6.06. The standard InChI is InChI=1S/C23H23N3O2/c1-13-6-4-5-7-19(13)25-14(2)10-18(15(25)3)12-24-26-22(27)20-16-8-9-17(11-16)21(20)23(26)28/h4-10,12,16-17,20-21H,11H2,1-3H3/t16-,17-,20-,21+/m0/s1. The van der Waals surface area contributed by atoms with Gasteiger partial charge >= 0.3 is 0 Å². The lowest BCUT2D eigenvalue weighted by molar-refractivity contribution is -0.140. The van der Waals surface area contributed by atoms with E-state index >= 15 is 0 Å². The number of hydrogen-bond donors (Lipinski definition) is 0. The fourth-order valence-corrected chi connectivity index (χ4v) is 5.22. The molecule has 4 atom stereocenters. The van der Waals surface area contributed by atoms with Gasteiger partial charge in [-0.2, -0.15) is 10.1 Å². The summed E-state index contributed by atoms with van der Waals surface area (Å²) in [4.78, 5) is 25.6. The van der Waals surface area contributed by atoms with E-state index in [1.807, 2.05) is 25.1 Å². The average molecular weight is 373 g/mol. The third-order valence-corrected chi connectivity index (χ3v) is 6.59. The topological polar surface area (TPSA) is 54.7 Å². The van der Waals surface area contributed by atoms with Crippen LogP contribution in [0.25, 0.3) is 5.69 Å². The number of aryl methyl sites for hydroxylation is 2. The fourth-order valence-electron chi connectivity index (χ4n) is 5.22.